The second kappa shape index (κ2) is 8.46. The number of nitrogens with zero attached hydrogens (tertiary/aromatic N) is 1. The summed E-state index contributed by atoms with van der Waals surface area (Å²) < 4.78 is 11.5. The minimum Gasteiger partial charge on any atom is -0.508 e. The van der Waals surface area contributed by atoms with Crippen molar-refractivity contribution in [1.82, 2.24) is 4.90 Å². The van der Waals surface area contributed by atoms with E-state index < -0.39 is 0 Å². The van der Waals surface area contributed by atoms with E-state index in [-0.39, 0.29) is 29.7 Å². The first-order valence-corrected chi connectivity index (χ1v) is 8.91. The van der Waals surface area contributed by atoms with Crippen LogP contribution in [0.25, 0.3) is 6.08 Å². The van der Waals surface area contributed by atoms with E-state index >= 15 is 0 Å². The van der Waals surface area contributed by atoms with Gasteiger partial charge in [0, 0.05) is 12.6 Å². The van der Waals surface area contributed by atoms with Crippen molar-refractivity contribution in [3.63, 3.8) is 0 Å². The predicted molar refractivity (Wildman–Crippen MR) is 106 cm³/mol. The summed E-state index contributed by atoms with van der Waals surface area (Å²) in [5.74, 6) is 1.56. The summed E-state index contributed by atoms with van der Waals surface area (Å²) in [4.78, 5) is 14.9. The van der Waals surface area contributed by atoms with E-state index in [9.17, 15) is 9.90 Å². The number of hydrogen-bond donors (Lipinski definition) is 1. The Morgan fingerprint density at radius 2 is 1.85 bits per heavy atom. The molecular formula is C21H22ClNO4. The first-order valence-electron chi connectivity index (χ1n) is 8.91. The second-order valence-corrected chi connectivity index (χ2v) is 6.59. The van der Waals surface area contributed by atoms with Crippen LogP contribution in [0.2, 0.25) is 0 Å². The van der Waals surface area contributed by atoms with Crippen molar-refractivity contribution >= 4 is 24.3 Å². The molecule has 2 aliphatic rings. The fraction of sp³-hybridized carbons (Fsp3) is 0.286. The summed E-state index contributed by atoms with van der Waals surface area (Å²) in [6.45, 7) is 3.85. The molecule has 1 fully saturated rings. The molecule has 0 radical (unpaired) electrons. The maximum atomic E-state index is 12.5. The van der Waals surface area contributed by atoms with Gasteiger partial charge in [-0.2, -0.15) is 0 Å². The number of allylic oxidation sites excluding steroid dienone is 1. The van der Waals surface area contributed by atoms with E-state index in [4.69, 9.17) is 9.47 Å². The van der Waals surface area contributed by atoms with Gasteiger partial charge >= 0.3 is 0 Å². The monoisotopic (exact) mass is 387 g/mol. The van der Waals surface area contributed by atoms with Crippen molar-refractivity contribution in [3.05, 3.63) is 59.4 Å². The number of ketones is 1. The molecule has 1 saturated heterocycles. The van der Waals surface area contributed by atoms with Crippen LogP contribution in [-0.4, -0.2) is 42.0 Å². The Hall–Kier alpha value is -2.50. The van der Waals surface area contributed by atoms with Crippen LogP contribution in [0.1, 0.15) is 28.8 Å². The number of benzene rings is 2. The number of aromatic hydroxyl groups is 1. The lowest BCUT2D eigenvalue weighted by atomic mass is 10.1. The molecule has 142 valence electrons. The topological polar surface area (TPSA) is 59.0 Å². The average molecular weight is 388 g/mol. The number of phenols is 1. The van der Waals surface area contributed by atoms with Crippen molar-refractivity contribution in [2.45, 2.75) is 12.8 Å². The van der Waals surface area contributed by atoms with Gasteiger partial charge in [-0.15, -0.1) is 12.4 Å². The molecule has 0 saturated carbocycles. The number of carbonyl (C=O) groups excluding carboxylic acids is 1. The smallest absolute Gasteiger partial charge is 0.231 e. The number of likely N-dealkylation sites (tertiary alicyclic amines) is 1. The number of ether oxygens (including phenoxy) is 2. The Balaban J connectivity index is 0.00000210. The molecule has 2 heterocycles. The largest absolute Gasteiger partial charge is 0.508 e. The van der Waals surface area contributed by atoms with Gasteiger partial charge in [0.2, 0.25) is 5.78 Å². The molecule has 0 aromatic heterocycles. The van der Waals surface area contributed by atoms with Crippen LogP contribution >= 0.6 is 12.4 Å². The number of Topliss-reactive ketones (excluding diaryl/α,β-unsaturated/α-hetero) is 1. The Labute approximate surface area is 164 Å². The zero-order valence-electron chi connectivity index (χ0n) is 14.9. The van der Waals surface area contributed by atoms with E-state index in [1.165, 1.54) is 12.8 Å². The van der Waals surface area contributed by atoms with Crippen LogP contribution < -0.4 is 9.47 Å². The third-order valence-electron chi connectivity index (χ3n) is 4.71. The standard InChI is InChI=1S/C21H21NO4.ClH/c23-16-5-3-15(4-6-16)13-20-21(24)18-8-7-17(14-19(18)26-20)25-12-11-22-9-1-2-10-22;/h3-8,13-14,23H,1-2,9-12H2;1H/b20-13-;. The third kappa shape index (κ3) is 4.43. The highest BCUT2D eigenvalue weighted by atomic mass is 35.5. The van der Waals surface area contributed by atoms with Crippen LogP contribution in [0.3, 0.4) is 0 Å². The van der Waals surface area contributed by atoms with Gasteiger partial charge in [-0.05, 0) is 61.8 Å². The van der Waals surface area contributed by atoms with Crippen molar-refractivity contribution in [2.75, 3.05) is 26.2 Å². The molecule has 0 spiro atoms. The molecular weight excluding hydrogens is 366 g/mol. The number of phenolic OH excluding ortho intramolecular Hbond substituents is 1. The second-order valence-electron chi connectivity index (χ2n) is 6.59. The Morgan fingerprint density at radius 1 is 1.11 bits per heavy atom. The maximum Gasteiger partial charge on any atom is 0.231 e. The van der Waals surface area contributed by atoms with Gasteiger partial charge in [0.05, 0.1) is 5.56 Å². The summed E-state index contributed by atoms with van der Waals surface area (Å²) in [6.07, 6.45) is 4.21. The molecule has 5 nitrogen and oxygen atoms in total. The molecule has 0 atom stereocenters. The van der Waals surface area contributed by atoms with Crippen LogP contribution in [-0.2, 0) is 0 Å². The SMILES string of the molecule is Cl.O=C1/C(=C/c2ccc(O)cc2)Oc2cc(OCCN3CCCC3)ccc21. The summed E-state index contributed by atoms with van der Waals surface area (Å²) in [5, 5.41) is 9.35. The minimum atomic E-state index is -0.142. The van der Waals surface area contributed by atoms with Crippen LogP contribution in [0.5, 0.6) is 17.2 Å². The molecule has 2 aromatic carbocycles. The lowest BCUT2D eigenvalue weighted by Crippen LogP contribution is -2.25. The van der Waals surface area contributed by atoms with Gasteiger partial charge in [-0.3, -0.25) is 9.69 Å². The lowest BCUT2D eigenvalue weighted by molar-refractivity contribution is 0.101. The third-order valence-corrected chi connectivity index (χ3v) is 4.71. The number of carbonyl (C=O) groups is 1. The van der Waals surface area contributed by atoms with E-state index in [2.05, 4.69) is 4.90 Å². The van der Waals surface area contributed by atoms with Gasteiger partial charge in [0.15, 0.2) is 5.76 Å². The Morgan fingerprint density at radius 3 is 2.59 bits per heavy atom. The van der Waals surface area contributed by atoms with Crippen molar-refractivity contribution < 1.29 is 19.4 Å². The molecule has 0 unspecified atom stereocenters. The molecule has 2 aliphatic heterocycles. The maximum absolute atomic E-state index is 12.5. The predicted octanol–water partition coefficient (Wildman–Crippen LogP) is 3.90. The molecule has 0 bridgehead atoms. The lowest BCUT2D eigenvalue weighted by Gasteiger charge is -2.15. The first-order chi connectivity index (χ1) is 12.7. The number of rotatable bonds is 5. The quantitative estimate of drug-likeness (QED) is 0.788. The normalized spacial score (nSPS) is 17.5. The van der Waals surface area contributed by atoms with Gasteiger partial charge in [0.25, 0.3) is 0 Å². The summed E-state index contributed by atoms with van der Waals surface area (Å²) in [6, 6.07) is 11.9. The minimum absolute atomic E-state index is 0. The highest BCUT2D eigenvalue weighted by molar-refractivity contribution is 6.14. The van der Waals surface area contributed by atoms with Crippen LogP contribution in [0, 0.1) is 0 Å². The highest BCUT2D eigenvalue weighted by Crippen LogP contribution is 2.35. The van der Waals surface area contributed by atoms with Gasteiger partial charge in [-0.1, -0.05) is 12.1 Å². The van der Waals surface area contributed by atoms with Gasteiger partial charge in [0.1, 0.15) is 23.9 Å². The Bertz CT molecular complexity index is 842. The van der Waals surface area contributed by atoms with E-state index in [0.29, 0.717) is 23.7 Å². The van der Waals surface area contributed by atoms with E-state index in [1.54, 1.807) is 42.5 Å². The van der Waals surface area contributed by atoms with Crippen molar-refractivity contribution in [2.24, 2.45) is 0 Å². The highest BCUT2D eigenvalue weighted by Gasteiger charge is 2.27. The van der Waals surface area contributed by atoms with Crippen LogP contribution in [0.15, 0.2) is 48.2 Å². The molecule has 0 amide bonds. The van der Waals surface area contributed by atoms with Crippen molar-refractivity contribution in [1.29, 1.82) is 0 Å². The zero-order valence-corrected chi connectivity index (χ0v) is 15.7. The fourth-order valence-electron chi connectivity index (χ4n) is 3.28. The molecule has 27 heavy (non-hydrogen) atoms. The van der Waals surface area contributed by atoms with Crippen molar-refractivity contribution in [3.8, 4) is 17.2 Å². The zero-order chi connectivity index (χ0) is 17.9. The average Bonchev–Trinajstić information content (AvgIpc) is 3.26. The van der Waals surface area contributed by atoms with Gasteiger partial charge in [-0.25, -0.2) is 0 Å². The summed E-state index contributed by atoms with van der Waals surface area (Å²) >= 11 is 0. The molecule has 1 N–H and O–H groups in total. The number of halogens is 1. The summed E-state index contributed by atoms with van der Waals surface area (Å²) in [5.41, 5.74) is 1.34. The Kier molecular flexibility index (Phi) is 6.04. The van der Waals surface area contributed by atoms with Crippen LogP contribution in [0.4, 0.5) is 0 Å². The molecule has 4 rings (SSSR count). The van der Waals surface area contributed by atoms with Gasteiger partial charge < -0.3 is 14.6 Å². The summed E-state index contributed by atoms with van der Waals surface area (Å²) in [7, 11) is 0. The molecule has 2 aromatic rings. The molecule has 0 aliphatic carbocycles. The molecule has 6 heteroatoms. The van der Waals surface area contributed by atoms with E-state index in [0.717, 1.165) is 25.2 Å². The first kappa shape index (κ1) is 19.3. The number of fused-ring (bicyclic) bond motifs is 1. The fourth-order valence-corrected chi connectivity index (χ4v) is 3.28. The number of hydrogen-bond acceptors (Lipinski definition) is 5. The van der Waals surface area contributed by atoms with E-state index in [1.807, 2.05) is 6.07 Å².